The summed E-state index contributed by atoms with van der Waals surface area (Å²) in [4.78, 5) is 22.4. The Bertz CT molecular complexity index is 288. The number of hydrogen-bond acceptors (Lipinski definition) is 3. The minimum Gasteiger partial charge on any atom is -0.480 e. The SMILES string of the molecule is CC1CCC(NC(=O)N[C@@H](CCO)C(=O)O)CC1. The number of hydrogen-bond donors (Lipinski definition) is 4. The number of urea groups is 1. The van der Waals surface area contributed by atoms with Crippen molar-refractivity contribution in [3.05, 3.63) is 0 Å². The summed E-state index contributed by atoms with van der Waals surface area (Å²) < 4.78 is 0. The highest BCUT2D eigenvalue weighted by molar-refractivity contribution is 5.82. The van der Waals surface area contributed by atoms with Crippen molar-refractivity contribution in [1.82, 2.24) is 10.6 Å². The van der Waals surface area contributed by atoms with E-state index in [2.05, 4.69) is 17.6 Å². The van der Waals surface area contributed by atoms with Gasteiger partial charge in [-0.3, -0.25) is 0 Å². The van der Waals surface area contributed by atoms with E-state index < -0.39 is 18.0 Å². The number of carboxylic acid groups (broad SMARTS) is 1. The Hall–Kier alpha value is -1.30. The van der Waals surface area contributed by atoms with Crippen LogP contribution in [0, 0.1) is 5.92 Å². The molecule has 0 heterocycles. The summed E-state index contributed by atoms with van der Waals surface area (Å²) in [7, 11) is 0. The Morgan fingerprint density at radius 2 is 1.89 bits per heavy atom. The first-order valence-electron chi connectivity index (χ1n) is 6.43. The topological polar surface area (TPSA) is 98.7 Å². The summed E-state index contributed by atoms with van der Waals surface area (Å²) in [6, 6.07) is -1.36. The van der Waals surface area contributed by atoms with Crippen LogP contribution in [0.5, 0.6) is 0 Å². The smallest absolute Gasteiger partial charge is 0.326 e. The average Bonchev–Trinajstić information content (AvgIpc) is 2.31. The average molecular weight is 258 g/mol. The van der Waals surface area contributed by atoms with E-state index in [1.165, 1.54) is 0 Å². The number of aliphatic carboxylic acids is 1. The predicted octanol–water partition coefficient (Wildman–Crippen LogP) is 0.700. The highest BCUT2D eigenvalue weighted by Crippen LogP contribution is 2.23. The molecule has 4 N–H and O–H groups in total. The lowest BCUT2D eigenvalue weighted by molar-refractivity contribution is -0.139. The van der Waals surface area contributed by atoms with Crippen molar-refractivity contribution in [2.24, 2.45) is 5.92 Å². The van der Waals surface area contributed by atoms with Crippen LogP contribution in [0.15, 0.2) is 0 Å². The number of aliphatic hydroxyl groups excluding tert-OH is 1. The zero-order valence-electron chi connectivity index (χ0n) is 10.7. The van der Waals surface area contributed by atoms with E-state index in [4.69, 9.17) is 10.2 Å². The summed E-state index contributed by atoms with van der Waals surface area (Å²) in [5.41, 5.74) is 0. The predicted molar refractivity (Wildman–Crippen MR) is 66.2 cm³/mol. The maximum Gasteiger partial charge on any atom is 0.326 e. The number of carbonyl (C=O) groups excluding carboxylic acids is 1. The molecule has 1 fully saturated rings. The quantitative estimate of drug-likeness (QED) is 0.583. The summed E-state index contributed by atoms with van der Waals surface area (Å²) in [6.45, 7) is 1.93. The van der Waals surface area contributed by atoms with Crippen LogP contribution in [0.3, 0.4) is 0 Å². The van der Waals surface area contributed by atoms with Gasteiger partial charge in [0.1, 0.15) is 6.04 Å². The molecular weight excluding hydrogens is 236 g/mol. The van der Waals surface area contributed by atoms with E-state index >= 15 is 0 Å². The summed E-state index contributed by atoms with van der Waals surface area (Å²) in [5.74, 6) is -0.427. The van der Waals surface area contributed by atoms with Crippen LogP contribution in [0.1, 0.15) is 39.0 Å². The van der Waals surface area contributed by atoms with Gasteiger partial charge < -0.3 is 20.8 Å². The van der Waals surface area contributed by atoms with Gasteiger partial charge in [-0.15, -0.1) is 0 Å². The third kappa shape index (κ3) is 4.91. The molecule has 1 aliphatic rings. The molecule has 0 bridgehead atoms. The van der Waals surface area contributed by atoms with Crippen molar-refractivity contribution in [2.75, 3.05) is 6.61 Å². The summed E-state index contributed by atoms with van der Waals surface area (Å²) in [6.07, 6.45) is 4.07. The van der Waals surface area contributed by atoms with Crippen molar-refractivity contribution in [3.63, 3.8) is 0 Å². The molecule has 1 aliphatic carbocycles. The van der Waals surface area contributed by atoms with Crippen molar-refractivity contribution >= 4 is 12.0 Å². The Balaban J connectivity index is 2.33. The summed E-state index contributed by atoms with van der Waals surface area (Å²) in [5, 5.41) is 22.7. The van der Waals surface area contributed by atoms with Crippen molar-refractivity contribution < 1.29 is 19.8 Å². The van der Waals surface area contributed by atoms with Crippen LogP contribution < -0.4 is 10.6 Å². The maximum absolute atomic E-state index is 11.6. The van der Waals surface area contributed by atoms with Gasteiger partial charge in [0, 0.05) is 19.1 Å². The number of aliphatic hydroxyl groups is 1. The van der Waals surface area contributed by atoms with Gasteiger partial charge in [0.25, 0.3) is 0 Å². The highest BCUT2D eigenvalue weighted by atomic mass is 16.4. The Kier molecular flexibility index (Phi) is 5.91. The molecular formula is C12H22N2O4. The first-order valence-corrected chi connectivity index (χ1v) is 6.43. The molecule has 0 aliphatic heterocycles. The standard InChI is InChI=1S/C12H22N2O4/c1-8-2-4-9(5-3-8)13-12(18)14-10(6-7-15)11(16)17/h8-10,15H,2-7H2,1H3,(H,16,17)(H2,13,14,18)/t8?,9?,10-/m0/s1. The fourth-order valence-electron chi connectivity index (χ4n) is 2.18. The fourth-order valence-corrected chi connectivity index (χ4v) is 2.18. The van der Waals surface area contributed by atoms with Gasteiger partial charge in [-0.05, 0) is 31.6 Å². The van der Waals surface area contributed by atoms with E-state index in [9.17, 15) is 9.59 Å². The zero-order chi connectivity index (χ0) is 13.5. The van der Waals surface area contributed by atoms with Gasteiger partial charge in [0.15, 0.2) is 0 Å². The van der Waals surface area contributed by atoms with Crippen molar-refractivity contribution in [1.29, 1.82) is 0 Å². The van der Waals surface area contributed by atoms with Gasteiger partial charge in [0.2, 0.25) is 0 Å². The number of nitrogens with one attached hydrogen (secondary N) is 2. The Morgan fingerprint density at radius 1 is 1.28 bits per heavy atom. The Labute approximate surface area is 107 Å². The number of carbonyl (C=O) groups is 2. The molecule has 104 valence electrons. The van der Waals surface area contributed by atoms with Gasteiger partial charge in [0.05, 0.1) is 0 Å². The molecule has 1 saturated carbocycles. The lowest BCUT2D eigenvalue weighted by Crippen LogP contribution is -2.49. The first kappa shape index (κ1) is 14.8. The van der Waals surface area contributed by atoms with Crippen molar-refractivity contribution in [3.8, 4) is 0 Å². The summed E-state index contributed by atoms with van der Waals surface area (Å²) >= 11 is 0. The molecule has 0 aromatic carbocycles. The molecule has 6 nitrogen and oxygen atoms in total. The molecule has 18 heavy (non-hydrogen) atoms. The van der Waals surface area contributed by atoms with Crippen LogP contribution >= 0.6 is 0 Å². The lowest BCUT2D eigenvalue weighted by atomic mass is 9.87. The maximum atomic E-state index is 11.6. The lowest BCUT2D eigenvalue weighted by Gasteiger charge is -2.27. The molecule has 1 rings (SSSR count). The number of amides is 2. The van der Waals surface area contributed by atoms with Gasteiger partial charge in [-0.2, -0.15) is 0 Å². The molecule has 0 aromatic rings. The van der Waals surface area contributed by atoms with E-state index in [0.717, 1.165) is 25.7 Å². The van der Waals surface area contributed by atoms with Gasteiger partial charge >= 0.3 is 12.0 Å². The van der Waals surface area contributed by atoms with Crippen LogP contribution in [0.25, 0.3) is 0 Å². The van der Waals surface area contributed by atoms with Gasteiger partial charge in [-0.25, -0.2) is 9.59 Å². The minimum absolute atomic E-state index is 0.0183. The molecule has 0 aromatic heterocycles. The van der Waals surface area contributed by atoms with Crippen LogP contribution in [-0.4, -0.2) is 40.9 Å². The second-order valence-corrected chi connectivity index (χ2v) is 4.98. The zero-order valence-corrected chi connectivity index (χ0v) is 10.7. The number of carboxylic acids is 1. The van der Waals surface area contributed by atoms with E-state index in [1.54, 1.807) is 0 Å². The molecule has 0 radical (unpaired) electrons. The van der Waals surface area contributed by atoms with E-state index in [-0.39, 0.29) is 19.1 Å². The van der Waals surface area contributed by atoms with Gasteiger partial charge in [-0.1, -0.05) is 6.92 Å². The van der Waals surface area contributed by atoms with Crippen molar-refractivity contribution in [2.45, 2.75) is 51.1 Å². The molecule has 1 atom stereocenters. The van der Waals surface area contributed by atoms with E-state index in [0.29, 0.717) is 5.92 Å². The molecule has 2 amide bonds. The Morgan fingerprint density at radius 3 is 2.39 bits per heavy atom. The monoisotopic (exact) mass is 258 g/mol. The molecule has 0 unspecified atom stereocenters. The largest absolute Gasteiger partial charge is 0.480 e. The second kappa shape index (κ2) is 7.20. The molecule has 0 spiro atoms. The van der Waals surface area contributed by atoms with E-state index in [1.807, 2.05) is 0 Å². The normalized spacial score (nSPS) is 25.2. The van der Waals surface area contributed by atoms with Crippen LogP contribution in [0.2, 0.25) is 0 Å². The second-order valence-electron chi connectivity index (χ2n) is 4.98. The first-order chi connectivity index (χ1) is 8.52. The molecule has 6 heteroatoms. The van der Waals surface area contributed by atoms with Crippen LogP contribution in [-0.2, 0) is 4.79 Å². The molecule has 0 saturated heterocycles. The fraction of sp³-hybridized carbons (Fsp3) is 0.833. The number of rotatable bonds is 5. The van der Waals surface area contributed by atoms with Crippen LogP contribution in [0.4, 0.5) is 4.79 Å². The minimum atomic E-state index is -1.13. The third-order valence-corrected chi connectivity index (χ3v) is 3.37. The third-order valence-electron chi connectivity index (χ3n) is 3.37. The highest BCUT2D eigenvalue weighted by Gasteiger charge is 2.23.